The Bertz CT molecular complexity index is 805. The molecule has 2 aromatic rings. The van der Waals surface area contributed by atoms with Gasteiger partial charge in [-0.15, -0.1) is 0 Å². The molecule has 0 aromatic heterocycles. The lowest BCUT2D eigenvalue weighted by Crippen LogP contribution is -2.39. The van der Waals surface area contributed by atoms with Crippen molar-refractivity contribution in [2.24, 2.45) is 5.11 Å². The van der Waals surface area contributed by atoms with E-state index in [1.54, 1.807) is 36.4 Å². The van der Waals surface area contributed by atoms with Gasteiger partial charge < -0.3 is 0 Å². The molecule has 2 aromatic carbocycles. The summed E-state index contributed by atoms with van der Waals surface area (Å²) in [5, 5.41) is 3.66. The fourth-order valence-corrected chi connectivity index (χ4v) is 2.85. The minimum Gasteiger partial charge on any atom is -0.271 e. The number of fused-ring (bicyclic) bond motifs is 1. The average molecular weight is 306 g/mol. The monoisotopic (exact) mass is 306 g/mol. The SMILES string of the molecule is CC(Cc1ccccc1N=[N+]=[N-])N1C(=O)c2ccccc2C1=O. The molecule has 0 saturated heterocycles. The van der Waals surface area contributed by atoms with Crippen LogP contribution in [0.2, 0.25) is 0 Å². The van der Waals surface area contributed by atoms with Crippen LogP contribution >= 0.6 is 0 Å². The van der Waals surface area contributed by atoms with Crippen molar-refractivity contribution in [1.82, 2.24) is 4.90 Å². The Hall–Kier alpha value is -3.11. The third-order valence-electron chi connectivity index (χ3n) is 3.93. The standard InChI is InChI=1S/C17H14N4O2/c1-11(10-12-6-2-5-9-15(12)19-20-18)21-16(22)13-7-3-4-8-14(13)17(21)23/h2-9,11H,10H2,1H3. The molecule has 3 rings (SSSR count). The number of carbonyl (C=O) groups is 2. The van der Waals surface area contributed by atoms with Crippen LogP contribution in [0.4, 0.5) is 5.69 Å². The molecule has 1 atom stereocenters. The lowest BCUT2D eigenvalue weighted by atomic mass is 10.0. The summed E-state index contributed by atoms with van der Waals surface area (Å²) in [5.41, 5.74) is 10.8. The van der Waals surface area contributed by atoms with E-state index in [0.29, 0.717) is 23.2 Å². The van der Waals surface area contributed by atoms with Crippen LogP contribution in [0.25, 0.3) is 10.4 Å². The van der Waals surface area contributed by atoms with Crippen LogP contribution < -0.4 is 0 Å². The normalized spacial score (nSPS) is 14.4. The van der Waals surface area contributed by atoms with Gasteiger partial charge in [-0.05, 0) is 36.6 Å². The number of nitrogens with zero attached hydrogens (tertiary/aromatic N) is 4. The summed E-state index contributed by atoms with van der Waals surface area (Å²) in [6.45, 7) is 1.81. The molecule has 6 heteroatoms. The lowest BCUT2D eigenvalue weighted by molar-refractivity contribution is 0.0597. The van der Waals surface area contributed by atoms with E-state index in [2.05, 4.69) is 10.0 Å². The topological polar surface area (TPSA) is 86.1 Å². The van der Waals surface area contributed by atoms with Crippen molar-refractivity contribution in [3.63, 3.8) is 0 Å². The van der Waals surface area contributed by atoms with Crippen molar-refractivity contribution in [2.75, 3.05) is 0 Å². The Morgan fingerprint density at radius 3 is 2.22 bits per heavy atom. The number of carbonyl (C=O) groups excluding carboxylic acids is 2. The van der Waals surface area contributed by atoms with Gasteiger partial charge >= 0.3 is 0 Å². The molecule has 0 N–H and O–H groups in total. The number of benzene rings is 2. The first-order chi connectivity index (χ1) is 11.1. The highest BCUT2D eigenvalue weighted by atomic mass is 16.2. The van der Waals surface area contributed by atoms with Gasteiger partial charge in [0.25, 0.3) is 11.8 Å². The van der Waals surface area contributed by atoms with Gasteiger partial charge in [0.1, 0.15) is 0 Å². The second kappa shape index (κ2) is 5.94. The number of hydrogen-bond donors (Lipinski definition) is 0. The van der Waals surface area contributed by atoms with Gasteiger partial charge in [0, 0.05) is 16.6 Å². The van der Waals surface area contributed by atoms with Crippen LogP contribution in [0.1, 0.15) is 33.2 Å². The van der Waals surface area contributed by atoms with Gasteiger partial charge in [0.2, 0.25) is 0 Å². The smallest absolute Gasteiger partial charge is 0.261 e. The number of azide groups is 1. The first-order valence-electron chi connectivity index (χ1n) is 7.23. The van der Waals surface area contributed by atoms with Gasteiger partial charge in [0.15, 0.2) is 0 Å². The predicted octanol–water partition coefficient (Wildman–Crippen LogP) is 3.86. The van der Waals surface area contributed by atoms with E-state index in [1.807, 2.05) is 19.1 Å². The summed E-state index contributed by atoms with van der Waals surface area (Å²) < 4.78 is 0. The van der Waals surface area contributed by atoms with Gasteiger partial charge in [-0.3, -0.25) is 14.5 Å². The molecule has 114 valence electrons. The van der Waals surface area contributed by atoms with Crippen molar-refractivity contribution in [3.05, 3.63) is 75.7 Å². The second-order valence-electron chi connectivity index (χ2n) is 5.40. The summed E-state index contributed by atoms with van der Waals surface area (Å²) in [7, 11) is 0. The zero-order valence-electron chi connectivity index (χ0n) is 12.5. The van der Waals surface area contributed by atoms with Crippen LogP contribution in [0.5, 0.6) is 0 Å². The van der Waals surface area contributed by atoms with Crippen LogP contribution in [0.15, 0.2) is 53.6 Å². The Balaban J connectivity index is 1.88. The molecule has 0 bridgehead atoms. The minimum absolute atomic E-state index is 0.278. The fourth-order valence-electron chi connectivity index (χ4n) is 2.85. The van der Waals surface area contributed by atoms with E-state index >= 15 is 0 Å². The molecule has 0 radical (unpaired) electrons. The summed E-state index contributed by atoms with van der Waals surface area (Å²) in [5.74, 6) is -0.557. The highest BCUT2D eigenvalue weighted by molar-refractivity contribution is 6.21. The van der Waals surface area contributed by atoms with Gasteiger partial charge in [-0.2, -0.15) is 0 Å². The second-order valence-corrected chi connectivity index (χ2v) is 5.40. The fraction of sp³-hybridized carbons (Fsp3) is 0.176. The summed E-state index contributed by atoms with van der Waals surface area (Å²) in [4.78, 5) is 29.0. The number of rotatable bonds is 4. The minimum atomic E-state index is -0.336. The quantitative estimate of drug-likeness (QED) is 0.372. The summed E-state index contributed by atoms with van der Waals surface area (Å²) in [6, 6.07) is 13.6. The lowest BCUT2D eigenvalue weighted by Gasteiger charge is -2.23. The van der Waals surface area contributed by atoms with Gasteiger partial charge in [0.05, 0.1) is 11.1 Å². The molecule has 0 aliphatic carbocycles. The highest BCUT2D eigenvalue weighted by Gasteiger charge is 2.38. The van der Waals surface area contributed by atoms with E-state index in [4.69, 9.17) is 5.53 Å². The Labute approximate surface area is 133 Å². The molecule has 2 amide bonds. The van der Waals surface area contributed by atoms with Crippen molar-refractivity contribution in [2.45, 2.75) is 19.4 Å². The van der Waals surface area contributed by atoms with E-state index in [0.717, 1.165) is 5.56 Å². The molecule has 1 heterocycles. The average Bonchev–Trinajstić information content (AvgIpc) is 2.81. The van der Waals surface area contributed by atoms with Crippen molar-refractivity contribution < 1.29 is 9.59 Å². The molecule has 1 unspecified atom stereocenters. The maximum absolute atomic E-state index is 12.5. The third kappa shape index (κ3) is 2.56. The van der Waals surface area contributed by atoms with Crippen molar-refractivity contribution >= 4 is 17.5 Å². The van der Waals surface area contributed by atoms with Crippen LogP contribution in [-0.2, 0) is 6.42 Å². The zero-order valence-corrected chi connectivity index (χ0v) is 12.5. The number of imide groups is 1. The Kier molecular flexibility index (Phi) is 3.83. The number of amides is 2. The maximum atomic E-state index is 12.5. The maximum Gasteiger partial charge on any atom is 0.261 e. The van der Waals surface area contributed by atoms with Crippen molar-refractivity contribution in [3.8, 4) is 0 Å². The largest absolute Gasteiger partial charge is 0.271 e. The van der Waals surface area contributed by atoms with Crippen LogP contribution in [0, 0.1) is 0 Å². The highest BCUT2D eigenvalue weighted by Crippen LogP contribution is 2.27. The first-order valence-corrected chi connectivity index (χ1v) is 7.23. The predicted molar refractivity (Wildman–Crippen MR) is 85.4 cm³/mol. The first kappa shape index (κ1) is 14.8. The van der Waals surface area contributed by atoms with Gasteiger partial charge in [-0.25, -0.2) is 0 Å². The molecule has 0 saturated carbocycles. The summed E-state index contributed by atoms with van der Waals surface area (Å²) >= 11 is 0. The number of hydrogen-bond acceptors (Lipinski definition) is 3. The van der Waals surface area contributed by atoms with Crippen LogP contribution in [-0.4, -0.2) is 22.8 Å². The van der Waals surface area contributed by atoms with E-state index in [1.165, 1.54) is 4.90 Å². The van der Waals surface area contributed by atoms with Crippen molar-refractivity contribution in [1.29, 1.82) is 0 Å². The van der Waals surface area contributed by atoms with Gasteiger partial charge in [-0.1, -0.05) is 41.5 Å². The van der Waals surface area contributed by atoms with Crippen LogP contribution in [0.3, 0.4) is 0 Å². The zero-order chi connectivity index (χ0) is 16.4. The molecule has 23 heavy (non-hydrogen) atoms. The third-order valence-corrected chi connectivity index (χ3v) is 3.93. The molecular weight excluding hydrogens is 292 g/mol. The van der Waals surface area contributed by atoms with E-state index in [-0.39, 0.29) is 17.9 Å². The molecule has 6 nitrogen and oxygen atoms in total. The summed E-state index contributed by atoms with van der Waals surface area (Å²) in [6.07, 6.45) is 0.431. The molecule has 0 spiro atoms. The Morgan fingerprint density at radius 1 is 1.04 bits per heavy atom. The molecule has 0 fully saturated rings. The van der Waals surface area contributed by atoms with E-state index in [9.17, 15) is 9.59 Å². The molecular formula is C17H14N4O2. The molecule has 1 aliphatic rings. The molecule has 1 aliphatic heterocycles. The van der Waals surface area contributed by atoms with E-state index < -0.39 is 0 Å². The Morgan fingerprint density at radius 2 is 1.61 bits per heavy atom.